The molecular weight excluding hydrogens is 216 g/mol. The summed E-state index contributed by atoms with van der Waals surface area (Å²) in [5, 5.41) is 2.68. The van der Waals surface area contributed by atoms with E-state index in [0.29, 0.717) is 0 Å². The molecule has 18 heavy (non-hydrogen) atoms. The van der Waals surface area contributed by atoms with Crippen LogP contribution in [0.25, 0.3) is 21.9 Å². The van der Waals surface area contributed by atoms with E-state index in [1.165, 1.54) is 33.0 Å². The predicted octanol–water partition coefficient (Wildman–Crippen LogP) is 5.12. The van der Waals surface area contributed by atoms with Crippen LogP contribution >= 0.6 is 0 Å². The first-order valence-corrected chi connectivity index (χ1v) is 6.31. The normalized spacial score (nSPS) is 10.8. The van der Waals surface area contributed by atoms with E-state index in [-0.39, 0.29) is 0 Å². The van der Waals surface area contributed by atoms with Gasteiger partial charge in [0.1, 0.15) is 0 Å². The average Bonchev–Trinajstić information content (AvgIpc) is 2.41. The van der Waals surface area contributed by atoms with Crippen LogP contribution in [0.15, 0.2) is 60.7 Å². The maximum Gasteiger partial charge on any atom is -0.0146 e. The van der Waals surface area contributed by atoms with Crippen LogP contribution in [-0.4, -0.2) is 0 Å². The van der Waals surface area contributed by atoms with Crippen LogP contribution in [-0.2, 0) is 0 Å². The smallest absolute Gasteiger partial charge is 0.0146 e. The molecule has 0 fully saturated rings. The summed E-state index contributed by atoms with van der Waals surface area (Å²) in [6.07, 6.45) is 0. The van der Waals surface area contributed by atoms with Crippen molar-refractivity contribution in [1.29, 1.82) is 0 Å². The summed E-state index contributed by atoms with van der Waals surface area (Å²) in [5.74, 6) is 0. The van der Waals surface area contributed by atoms with Crippen molar-refractivity contribution in [3.05, 3.63) is 71.8 Å². The van der Waals surface area contributed by atoms with Crippen molar-refractivity contribution in [2.45, 2.75) is 13.8 Å². The monoisotopic (exact) mass is 232 g/mol. The van der Waals surface area contributed by atoms with Crippen LogP contribution < -0.4 is 0 Å². The summed E-state index contributed by atoms with van der Waals surface area (Å²) < 4.78 is 0. The van der Waals surface area contributed by atoms with Crippen molar-refractivity contribution in [3.63, 3.8) is 0 Å². The molecule has 0 N–H and O–H groups in total. The number of hydrogen-bond donors (Lipinski definition) is 0. The van der Waals surface area contributed by atoms with Gasteiger partial charge in [-0.05, 0) is 41.3 Å². The third kappa shape index (κ3) is 1.80. The Kier molecular flexibility index (Phi) is 2.64. The molecule has 88 valence electrons. The molecule has 0 saturated heterocycles. The molecule has 0 atom stereocenters. The lowest BCUT2D eigenvalue weighted by Crippen LogP contribution is -1.86. The largest absolute Gasteiger partial charge is 0.0622 e. The molecule has 3 aromatic carbocycles. The summed E-state index contributed by atoms with van der Waals surface area (Å²) in [5.41, 5.74) is 5.30. The van der Waals surface area contributed by atoms with Gasteiger partial charge in [0.15, 0.2) is 0 Å². The molecule has 0 amide bonds. The quantitative estimate of drug-likeness (QED) is 0.546. The summed E-state index contributed by atoms with van der Waals surface area (Å²) in [6.45, 7) is 4.36. The van der Waals surface area contributed by atoms with Gasteiger partial charge in [-0.1, -0.05) is 66.2 Å². The Hall–Kier alpha value is -2.08. The van der Waals surface area contributed by atoms with E-state index >= 15 is 0 Å². The molecular formula is C18H16. The van der Waals surface area contributed by atoms with Gasteiger partial charge in [0.05, 0.1) is 0 Å². The lowest BCUT2D eigenvalue weighted by Gasteiger charge is -2.10. The van der Waals surface area contributed by atoms with E-state index in [0.717, 1.165) is 0 Å². The topological polar surface area (TPSA) is 0 Å². The van der Waals surface area contributed by atoms with E-state index < -0.39 is 0 Å². The molecule has 0 heteroatoms. The van der Waals surface area contributed by atoms with Crippen molar-refractivity contribution in [3.8, 4) is 11.1 Å². The molecule has 0 unspecified atom stereocenters. The number of fused-ring (bicyclic) bond motifs is 1. The second kappa shape index (κ2) is 4.30. The lowest BCUT2D eigenvalue weighted by atomic mass is 9.94. The zero-order valence-corrected chi connectivity index (χ0v) is 10.8. The average molecular weight is 232 g/mol. The minimum absolute atomic E-state index is 1.29. The summed E-state index contributed by atoms with van der Waals surface area (Å²) in [7, 11) is 0. The second-order valence-corrected chi connectivity index (χ2v) is 4.83. The maximum absolute atomic E-state index is 2.27. The van der Waals surface area contributed by atoms with E-state index in [2.05, 4.69) is 74.5 Å². The van der Waals surface area contributed by atoms with Crippen LogP contribution in [0.3, 0.4) is 0 Å². The van der Waals surface area contributed by atoms with Crippen molar-refractivity contribution in [1.82, 2.24) is 0 Å². The Morgan fingerprint density at radius 1 is 0.722 bits per heavy atom. The Bertz CT molecular complexity index is 694. The number of aryl methyl sites for hydroxylation is 2. The molecule has 0 aliphatic carbocycles. The first-order valence-electron chi connectivity index (χ1n) is 6.31. The fourth-order valence-corrected chi connectivity index (χ4v) is 2.51. The maximum atomic E-state index is 2.27. The van der Waals surface area contributed by atoms with E-state index in [1.54, 1.807) is 0 Å². The molecule has 0 heterocycles. The lowest BCUT2D eigenvalue weighted by molar-refractivity contribution is 1.46. The van der Waals surface area contributed by atoms with Gasteiger partial charge in [-0.25, -0.2) is 0 Å². The molecule has 0 bridgehead atoms. The Labute approximate surface area is 108 Å². The van der Waals surface area contributed by atoms with Crippen LogP contribution in [0, 0.1) is 13.8 Å². The predicted molar refractivity (Wildman–Crippen MR) is 78.9 cm³/mol. The zero-order chi connectivity index (χ0) is 12.5. The Morgan fingerprint density at radius 3 is 2.22 bits per heavy atom. The Morgan fingerprint density at radius 2 is 1.44 bits per heavy atom. The molecule has 0 aliphatic rings. The van der Waals surface area contributed by atoms with Gasteiger partial charge >= 0.3 is 0 Å². The number of benzene rings is 3. The van der Waals surface area contributed by atoms with Gasteiger partial charge in [-0.15, -0.1) is 0 Å². The van der Waals surface area contributed by atoms with Crippen molar-refractivity contribution in [2.24, 2.45) is 0 Å². The summed E-state index contributed by atoms with van der Waals surface area (Å²) in [4.78, 5) is 0. The molecule has 0 spiro atoms. The SMILES string of the molecule is Cc1ccc2ccc(-c3ccccc3)c(C)c2c1. The number of hydrogen-bond acceptors (Lipinski definition) is 0. The van der Waals surface area contributed by atoms with Crippen molar-refractivity contribution < 1.29 is 0 Å². The molecule has 0 nitrogen and oxygen atoms in total. The highest BCUT2D eigenvalue weighted by molar-refractivity contribution is 5.91. The summed E-state index contributed by atoms with van der Waals surface area (Å²) in [6, 6.07) is 21.7. The fraction of sp³-hybridized carbons (Fsp3) is 0.111. The fourth-order valence-electron chi connectivity index (χ4n) is 2.51. The van der Waals surface area contributed by atoms with Crippen LogP contribution in [0.4, 0.5) is 0 Å². The third-order valence-corrected chi connectivity index (χ3v) is 3.53. The highest BCUT2D eigenvalue weighted by Crippen LogP contribution is 2.29. The standard InChI is InChI=1S/C18H16/c1-13-8-9-16-10-11-17(14(2)18(16)12-13)15-6-4-3-5-7-15/h3-12H,1-2H3. The van der Waals surface area contributed by atoms with E-state index in [9.17, 15) is 0 Å². The zero-order valence-electron chi connectivity index (χ0n) is 10.8. The minimum Gasteiger partial charge on any atom is -0.0622 e. The second-order valence-electron chi connectivity index (χ2n) is 4.83. The molecule has 0 aromatic heterocycles. The van der Waals surface area contributed by atoms with Crippen LogP contribution in [0.5, 0.6) is 0 Å². The van der Waals surface area contributed by atoms with Crippen LogP contribution in [0.1, 0.15) is 11.1 Å². The van der Waals surface area contributed by atoms with Crippen LogP contribution in [0.2, 0.25) is 0 Å². The molecule has 0 saturated carbocycles. The van der Waals surface area contributed by atoms with Gasteiger partial charge in [-0.3, -0.25) is 0 Å². The molecule has 0 aliphatic heterocycles. The highest BCUT2D eigenvalue weighted by Gasteiger charge is 2.05. The van der Waals surface area contributed by atoms with Gasteiger partial charge in [-0.2, -0.15) is 0 Å². The van der Waals surface area contributed by atoms with Gasteiger partial charge < -0.3 is 0 Å². The first kappa shape index (κ1) is 11.0. The Balaban J connectivity index is 2.29. The highest BCUT2D eigenvalue weighted by atomic mass is 14.1. The van der Waals surface area contributed by atoms with E-state index in [4.69, 9.17) is 0 Å². The first-order chi connectivity index (χ1) is 8.75. The van der Waals surface area contributed by atoms with Gasteiger partial charge in [0.2, 0.25) is 0 Å². The van der Waals surface area contributed by atoms with Gasteiger partial charge in [0.25, 0.3) is 0 Å². The molecule has 0 radical (unpaired) electrons. The molecule has 3 rings (SSSR count). The minimum atomic E-state index is 1.29. The van der Waals surface area contributed by atoms with Crippen molar-refractivity contribution in [2.75, 3.05) is 0 Å². The molecule has 3 aromatic rings. The third-order valence-electron chi connectivity index (χ3n) is 3.53. The summed E-state index contributed by atoms with van der Waals surface area (Å²) >= 11 is 0. The van der Waals surface area contributed by atoms with Gasteiger partial charge in [0, 0.05) is 0 Å². The van der Waals surface area contributed by atoms with Crippen molar-refractivity contribution >= 4 is 10.8 Å². The number of rotatable bonds is 1. The van der Waals surface area contributed by atoms with E-state index in [1.807, 2.05) is 0 Å².